The number of hydrogen-bond acceptors (Lipinski definition) is 5. The Morgan fingerprint density at radius 2 is 2.20 bits per heavy atom. The fourth-order valence-electron chi connectivity index (χ4n) is 1.82. The van der Waals surface area contributed by atoms with E-state index in [1.165, 1.54) is 24.2 Å². The number of rotatable bonds is 6. The van der Waals surface area contributed by atoms with Gasteiger partial charge in [-0.15, -0.1) is 22.7 Å². The lowest BCUT2D eigenvalue weighted by Crippen LogP contribution is -1.91. The highest BCUT2D eigenvalue weighted by molar-refractivity contribution is 7.73. The lowest BCUT2D eigenvalue weighted by Gasteiger charge is -1.97. The number of unbranched alkanes of at least 4 members (excludes halogenated alkanes) is 1. The minimum Gasteiger partial charge on any atom is -0.493 e. The first-order valence-electron chi connectivity index (χ1n) is 6.70. The molecule has 0 saturated carbocycles. The fraction of sp³-hybridized carbons (Fsp3) is 0.429. The SMILES string of the molecule is CCCCc1csc(/C=C/c2sc(=S)n(CC)c2O)n1. The van der Waals surface area contributed by atoms with E-state index in [4.69, 9.17) is 12.2 Å². The van der Waals surface area contributed by atoms with Crippen molar-refractivity contribution >= 4 is 47.0 Å². The van der Waals surface area contributed by atoms with E-state index in [-0.39, 0.29) is 5.88 Å². The highest BCUT2D eigenvalue weighted by atomic mass is 32.1. The third kappa shape index (κ3) is 3.56. The predicted octanol–water partition coefficient (Wildman–Crippen LogP) is 4.97. The zero-order valence-electron chi connectivity index (χ0n) is 11.6. The molecule has 108 valence electrons. The van der Waals surface area contributed by atoms with Gasteiger partial charge in [0.25, 0.3) is 0 Å². The molecule has 0 spiro atoms. The van der Waals surface area contributed by atoms with Gasteiger partial charge >= 0.3 is 0 Å². The Morgan fingerprint density at radius 1 is 1.40 bits per heavy atom. The Bertz CT molecular complexity index is 652. The number of nitrogens with zero attached hydrogens (tertiary/aromatic N) is 2. The van der Waals surface area contributed by atoms with Gasteiger partial charge in [0.05, 0.1) is 10.6 Å². The molecule has 0 radical (unpaired) electrons. The molecule has 0 fully saturated rings. The normalized spacial score (nSPS) is 11.5. The summed E-state index contributed by atoms with van der Waals surface area (Å²) >= 11 is 8.27. The Kier molecular flexibility index (Phi) is 5.51. The van der Waals surface area contributed by atoms with Crippen LogP contribution in [0.4, 0.5) is 0 Å². The van der Waals surface area contributed by atoms with Gasteiger partial charge < -0.3 is 5.11 Å². The van der Waals surface area contributed by atoms with Crippen molar-refractivity contribution in [1.29, 1.82) is 0 Å². The van der Waals surface area contributed by atoms with E-state index < -0.39 is 0 Å². The second-order valence-electron chi connectivity index (χ2n) is 4.41. The highest BCUT2D eigenvalue weighted by Gasteiger charge is 2.07. The van der Waals surface area contributed by atoms with Gasteiger partial charge in [-0.2, -0.15) is 0 Å². The van der Waals surface area contributed by atoms with Crippen molar-refractivity contribution in [2.24, 2.45) is 0 Å². The van der Waals surface area contributed by atoms with E-state index in [9.17, 15) is 5.11 Å². The maximum atomic E-state index is 10.0. The molecule has 2 aromatic heterocycles. The topological polar surface area (TPSA) is 38.0 Å². The van der Waals surface area contributed by atoms with E-state index in [1.807, 2.05) is 19.1 Å². The van der Waals surface area contributed by atoms with Gasteiger partial charge in [-0.05, 0) is 44.1 Å². The van der Waals surface area contributed by atoms with Gasteiger partial charge in [0.15, 0.2) is 3.95 Å². The van der Waals surface area contributed by atoms with Crippen LogP contribution in [0.1, 0.15) is 42.3 Å². The van der Waals surface area contributed by atoms with Gasteiger partial charge in [0.2, 0.25) is 5.88 Å². The maximum Gasteiger partial charge on any atom is 0.210 e. The number of thiazole rings is 2. The van der Waals surface area contributed by atoms with Crippen LogP contribution in [0.5, 0.6) is 5.88 Å². The molecule has 2 aromatic rings. The van der Waals surface area contributed by atoms with Crippen LogP contribution in [0, 0.1) is 3.95 Å². The summed E-state index contributed by atoms with van der Waals surface area (Å²) in [5.74, 6) is 0.251. The minimum atomic E-state index is 0.251. The van der Waals surface area contributed by atoms with E-state index in [1.54, 1.807) is 15.9 Å². The van der Waals surface area contributed by atoms with Crippen LogP contribution < -0.4 is 0 Å². The molecule has 0 aliphatic heterocycles. The summed E-state index contributed by atoms with van der Waals surface area (Å²) in [6.07, 6.45) is 7.24. The highest BCUT2D eigenvalue weighted by Crippen LogP contribution is 2.28. The maximum absolute atomic E-state index is 10.0. The van der Waals surface area contributed by atoms with Gasteiger partial charge in [-0.1, -0.05) is 13.3 Å². The second kappa shape index (κ2) is 7.15. The molecular formula is C14H18N2OS3. The van der Waals surface area contributed by atoms with E-state index >= 15 is 0 Å². The summed E-state index contributed by atoms with van der Waals surface area (Å²) < 4.78 is 2.43. The number of hydrogen-bond donors (Lipinski definition) is 1. The molecule has 0 aliphatic rings. The molecule has 6 heteroatoms. The molecule has 0 aliphatic carbocycles. The van der Waals surface area contributed by atoms with Gasteiger partial charge in [0.1, 0.15) is 5.01 Å². The van der Waals surface area contributed by atoms with Crippen LogP contribution >= 0.6 is 34.9 Å². The third-order valence-electron chi connectivity index (χ3n) is 2.94. The zero-order chi connectivity index (χ0) is 14.5. The first-order chi connectivity index (χ1) is 9.65. The van der Waals surface area contributed by atoms with Crippen LogP contribution in [0.2, 0.25) is 0 Å². The summed E-state index contributed by atoms with van der Waals surface area (Å²) in [6.45, 7) is 4.84. The average Bonchev–Trinajstić information content (AvgIpc) is 2.99. The van der Waals surface area contributed by atoms with Crippen LogP contribution in [0.25, 0.3) is 12.2 Å². The molecule has 0 bridgehead atoms. The molecule has 2 heterocycles. The summed E-state index contributed by atoms with van der Waals surface area (Å²) in [6, 6.07) is 0. The van der Waals surface area contributed by atoms with Gasteiger partial charge in [-0.3, -0.25) is 4.57 Å². The van der Waals surface area contributed by atoms with Crippen molar-refractivity contribution in [2.45, 2.75) is 39.7 Å². The van der Waals surface area contributed by atoms with Crippen molar-refractivity contribution in [3.63, 3.8) is 0 Å². The minimum absolute atomic E-state index is 0.251. The number of aromatic hydroxyl groups is 1. The van der Waals surface area contributed by atoms with Crippen LogP contribution in [0.3, 0.4) is 0 Å². The van der Waals surface area contributed by atoms with E-state index in [0.717, 1.165) is 22.0 Å². The van der Waals surface area contributed by atoms with Gasteiger partial charge in [0, 0.05) is 11.9 Å². The molecule has 3 nitrogen and oxygen atoms in total. The second-order valence-corrected chi connectivity index (χ2v) is 6.98. The Hall–Kier alpha value is -0.980. The Balaban J connectivity index is 2.13. The smallest absolute Gasteiger partial charge is 0.210 e. The standard InChI is InChI=1S/C14H18N2OS3/c1-3-5-6-10-9-19-12(15-10)8-7-11-13(17)16(4-2)14(18)20-11/h7-9,17H,3-6H2,1-2H3/b8-7+. The molecule has 0 atom stereocenters. The summed E-state index contributed by atoms with van der Waals surface area (Å²) in [7, 11) is 0. The van der Waals surface area contributed by atoms with Crippen molar-refractivity contribution in [1.82, 2.24) is 9.55 Å². The van der Waals surface area contributed by atoms with Crippen molar-refractivity contribution in [2.75, 3.05) is 0 Å². The first-order valence-corrected chi connectivity index (χ1v) is 8.81. The number of aromatic nitrogens is 2. The van der Waals surface area contributed by atoms with E-state index in [2.05, 4.69) is 17.3 Å². The van der Waals surface area contributed by atoms with Crippen molar-refractivity contribution in [3.8, 4) is 5.88 Å². The molecule has 0 saturated heterocycles. The van der Waals surface area contributed by atoms with Crippen molar-refractivity contribution in [3.05, 3.63) is 24.9 Å². The van der Waals surface area contributed by atoms with Crippen LogP contribution in [0.15, 0.2) is 5.38 Å². The average molecular weight is 327 g/mol. The lowest BCUT2D eigenvalue weighted by molar-refractivity contribution is 0.419. The number of aryl methyl sites for hydroxylation is 1. The predicted molar refractivity (Wildman–Crippen MR) is 90.1 cm³/mol. The molecule has 0 amide bonds. The van der Waals surface area contributed by atoms with Gasteiger partial charge in [-0.25, -0.2) is 4.98 Å². The van der Waals surface area contributed by atoms with Crippen LogP contribution in [-0.4, -0.2) is 14.7 Å². The molecule has 20 heavy (non-hydrogen) atoms. The molecular weight excluding hydrogens is 308 g/mol. The summed E-state index contributed by atoms with van der Waals surface area (Å²) in [5.41, 5.74) is 1.15. The summed E-state index contributed by atoms with van der Waals surface area (Å²) in [4.78, 5) is 5.36. The van der Waals surface area contributed by atoms with Crippen LogP contribution in [-0.2, 0) is 13.0 Å². The molecule has 2 rings (SSSR count). The Labute approximate surface area is 132 Å². The molecule has 0 aromatic carbocycles. The quantitative estimate of drug-likeness (QED) is 0.761. The van der Waals surface area contributed by atoms with E-state index in [0.29, 0.717) is 10.5 Å². The zero-order valence-corrected chi connectivity index (χ0v) is 14.1. The first kappa shape index (κ1) is 15.4. The van der Waals surface area contributed by atoms with Crippen molar-refractivity contribution < 1.29 is 5.11 Å². The largest absolute Gasteiger partial charge is 0.493 e. The molecule has 1 N–H and O–H groups in total. The fourth-order valence-corrected chi connectivity index (χ4v) is 3.90. The molecule has 0 unspecified atom stereocenters. The summed E-state index contributed by atoms with van der Waals surface area (Å²) in [5, 5.41) is 13.1. The monoisotopic (exact) mass is 326 g/mol. The Morgan fingerprint density at radius 3 is 2.85 bits per heavy atom. The lowest BCUT2D eigenvalue weighted by atomic mass is 10.2. The third-order valence-corrected chi connectivity index (χ3v) is 5.21.